The van der Waals surface area contributed by atoms with E-state index in [2.05, 4.69) is 10.4 Å². The number of benzene rings is 1. The highest BCUT2D eigenvalue weighted by Gasteiger charge is 2.25. The minimum Gasteiger partial charge on any atom is -0.489 e. The maximum absolute atomic E-state index is 13.5. The Morgan fingerprint density at radius 3 is 2.50 bits per heavy atom. The van der Waals surface area contributed by atoms with Crippen molar-refractivity contribution in [1.29, 1.82) is 0 Å². The first-order valence-corrected chi connectivity index (χ1v) is 7.52. The van der Waals surface area contributed by atoms with Gasteiger partial charge in [-0.1, -0.05) is 0 Å². The lowest BCUT2D eigenvalue weighted by Crippen LogP contribution is -2.24. The average molecular weight is 333 g/mol. The van der Waals surface area contributed by atoms with Crippen LogP contribution in [-0.4, -0.2) is 27.6 Å². The fraction of sp³-hybridized carbons (Fsp3) is 0.353. The summed E-state index contributed by atoms with van der Waals surface area (Å²) in [6.07, 6.45) is -0.162. The van der Waals surface area contributed by atoms with Gasteiger partial charge in [-0.3, -0.25) is 14.3 Å². The normalized spacial score (nSPS) is 10.8. The van der Waals surface area contributed by atoms with Gasteiger partial charge in [-0.15, -0.1) is 0 Å². The Morgan fingerprint density at radius 1 is 1.29 bits per heavy atom. The number of rotatable bonds is 5. The van der Waals surface area contributed by atoms with Gasteiger partial charge < -0.3 is 10.1 Å². The molecule has 0 saturated heterocycles. The summed E-state index contributed by atoms with van der Waals surface area (Å²) >= 11 is 0. The van der Waals surface area contributed by atoms with Gasteiger partial charge in [0.05, 0.1) is 23.0 Å². The van der Waals surface area contributed by atoms with Gasteiger partial charge in [0.1, 0.15) is 11.6 Å². The zero-order valence-electron chi connectivity index (χ0n) is 14.3. The van der Waals surface area contributed by atoms with E-state index in [0.717, 1.165) is 6.07 Å². The number of Topliss-reactive ketones (excluding diaryl/α,β-unsaturated/α-hetero) is 1. The van der Waals surface area contributed by atoms with E-state index >= 15 is 0 Å². The molecule has 1 N–H and O–H groups in total. The summed E-state index contributed by atoms with van der Waals surface area (Å²) in [4.78, 5) is 24.7. The Balaban J connectivity index is 2.29. The number of hydrogen-bond donors (Lipinski definition) is 1. The summed E-state index contributed by atoms with van der Waals surface area (Å²) in [5.41, 5.74) is 1.41. The number of anilines is 1. The number of nitrogens with zero attached hydrogens (tertiary/aromatic N) is 2. The standard InChI is InChI=1S/C17H20FN3O3/c1-9(2)24-14-7-6-12(18)8-13(14)19-17(23)16(22)15-10(3)20-21(5)11(15)4/h6-9H,1-5H3,(H,19,23). The van der Waals surface area contributed by atoms with Crippen molar-refractivity contribution in [3.05, 3.63) is 41.0 Å². The molecule has 1 aromatic carbocycles. The fourth-order valence-electron chi connectivity index (χ4n) is 2.35. The highest BCUT2D eigenvalue weighted by atomic mass is 19.1. The molecule has 1 heterocycles. The summed E-state index contributed by atoms with van der Waals surface area (Å²) in [5.74, 6) is -1.83. The van der Waals surface area contributed by atoms with Gasteiger partial charge in [0, 0.05) is 18.8 Å². The molecule has 1 amide bonds. The van der Waals surface area contributed by atoms with Crippen molar-refractivity contribution in [2.45, 2.75) is 33.8 Å². The molecule has 0 aliphatic heterocycles. The lowest BCUT2D eigenvalue weighted by molar-refractivity contribution is -0.112. The van der Waals surface area contributed by atoms with Gasteiger partial charge in [-0.25, -0.2) is 4.39 Å². The van der Waals surface area contributed by atoms with Crippen LogP contribution in [-0.2, 0) is 11.8 Å². The summed E-state index contributed by atoms with van der Waals surface area (Å²) in [6, 6.07) is 3.76. The van der Waals surface area contributed by atoms with Crippen LogP contribution in [0.1, 0.15) is 35.6 Å². The third-order valence-electron chi connectivity index (χ3n) is 3.49. The van der Waals surface area contributed by atoms with Crippen molar-refractivity contribution in [1.82, 2.24) is 9.78 Å². The topological polar surface area (TPSA) is 73.2 Å². The van der Waals surface area contributed by atoms with Gasteiger partial charge in [0.25, 0.3) is 11.7 Å². The van der Waals surface area contributed by atoms with Crippen LogP contribution >= 0.6 is 0 Å². The molecule has 0 atom stereocenters. The molecule has 6 nitrogen and oxygen atoms in total. The zero-order valence-corrected chi connectivity index (χ0v) is 14.3. The molecule has 0 aliphatic rings. The van der Waals surface area contributed by atoms with E-state index in [1.807, 2.05) is 13.8 Å². The van der Waals surface area contributed by atoms with Crippen LogP contribution in [0.4, 0.5) is 10.1 Å². The smallest absolute Gasteiger partial charge is 0.297 e. The fourth-order valence-corrected chi connectivity index (χ4v) is 2.35. The lowest BCUT2D eigenvalue weighted by Gasteiger charge is -2.14. The van der Waals surface area contributed by atoms with Crippen LogP contribution in [0.3, 0.4) is 0 Å². The maximum Gasteiger partial charge on any atom is 0.297 e. The molecule has 24 heavy (non-hydrogen) atoms. The third kappa shape index (κ3) is 3.61. The molecular weight excluding hydrogens is 313 g/mol. The number of hydrogen-bond acceptors (Lipinski definition) is 4. The molecule has 0 radical (unpaired) electrons. The molecule has 128 valence electrons. The summed E-state index contributed by atoms with van der Waals surface area (Å²) in [7, 11) is 1.69. The second-order valence-electron chi connectivity index (χ2n) is 5.76. The minimum absolute atomic E-state index is 0.112. The number of aryl methyl sites for hydroxylation is 2. The number of carbonyl (C=O) groups excluding carboxylic acids is 2. The Bertz CT molecular complexity index is 797. The maximum atomic E-state index is 13.5. The Hall–Kier alpha value is -2.70. The Labute approximate surface area is 139 Å². The van der Waals surface area contributed by atoms with Crippen molar-refractivity contribution in [2.75, 3.05) is 5.32 Å². The molecule has 1 aromatic heterocycles. The number of nitrogens with one attached hydrogen (secondary N) is 1. The molecule has 0 bridgehead atoms. The first kappa shape index (κ1) is 17.7. The number of halogens is 1. The summed E-state index contributed by atoms with van der Waals surface area (Å²) < 4.78 is 20.5. The molecule has 0 spiro atoms. The summed E-state index contributed by atoms with van der Waals surface area (Å²) in [6.45, 7) is 6.98. The van der Waals surface area contributed by atoms with Gasteiger partial charge >= 0.3 is 0 Å². The van der Waals surface area contributed by atoms with Gasteiger partial charge in [-0.05, 0) is 39.8 Å². The van der Waals surface area contributed by atoms with Crippen molar-refractivity contribution in [3.8, 4) is 5.75 Å². The minimum atomic E-state index is -0.867. The van der Waals surface area contributed by atoms with Crippen LogP contribution in [0.5, 0.6) is 5.75 Å². The number of aromatic nitrogens is 2. The van der Waals surface area contributed by atoms with E-state index < -0.39 is 17.5 Å². The average Bonchev–Trinajstić information content (AvgIpc) is 2.74. The monoisotopic (exact) mass is 333 g/mol. The predicted molar refractivity (Wildman–Crippen MR) is 87.8 cm³/mol. The number of amides is 1. The van der Waals surface area contributed by atoms with Crippen LogP contribution in [0, 0.1) is 19.7 Å². The first-order valence-electron chi connectivity index (χ1n) is 7.52. The summed E-state index contributed by atoms with van der Waals surface area (Å²) in [5, 5.41) is 6.55. The predicted octanol–water partition coefficient (Wildman–Crippen LogP) is 2.78. The largest absolute Gasteiger partial charge is 0.489 e. The second-order valence-corrected chi connectivity index (χ2v) is 5.76. The molecule has 0 unspecified atom stereocenters. The van der Waals surface area contributed by atoms with Crippen LogP contribution in [0.15, 0.2) is 18.2 Å². The van der Waals surface area contributed by atoms with E-state index in [4.69, 9.17) is 4.74 Å². The quantitative estimate of drug-likeness (QED) is 0.674. The highest BCUT2D eigenvalue weighted by Crippen LogP contribution is 2.27. The molecule has 2 rings (SSSR count). The third-order valence-corrected chi connectivity index (χ3v) is 3.49. The molecular formula is C17H20FN3O3. The van der Waals surface area contributed by atoms with Gasteiger partial charge in [0.15, 0.2) is 0 Å². The van der Waals surface area contributed by atoms with E-state index in [-0.39, 0.29) is 17.4 Å². The highest BCUT2D eigenvalue weighted by molar-refractivity contribution is 6.47. The Kier molecular flexibility index (Phi) is 5.02. The zero-order chi connectivity index (χ0) is 18.0. The number of ether oxygens (including phenoxy) is 1. The van der Waals surface area contributed by atoms with E-state index in [0.29, 0.717) is 17.1 Å². The van der Waals surface area contributed by atoms with Crippen molar-refractivity contribution >= 4 is 17.4 Å². The number of carbonyl (C=O) groups is 2. The SMILES string of the molecule is Cc1nn(C)c(C)c1C(=O)C(=O)Nc1cc(F)ccc1OC(C)C. The molecule has 0 saturated carbocycles. The van der Waals surface area contributed by atoms with Crippen molar-refractivity contribution in [3.63, 3.8) is 0 Å². The lowest BCUT2D eigenvalue weighted by atomic mass is 10.1. The first-order chi connectivity index (χ1) is 11.2. The Morgan fingerprint density at radius 2 is 1.96 bits per heavy atom. The van der Waals surface area contributed by atoms with E-state index in [9.17, 15) is 14.0 Å². The van der Waals surface area contributed by atoms with Crippen LogP contribution in [0.25, 0.3) is 0 Å². The molecule has 0 fully saturated rings. The van der Waals surface area contributed by atoms with Gasteiger partial charge in [-0.2, -0.15) is 5.10 Å². The molecule has 0 aliphatic carbocycles. The van der Waals surface area contributed by atoms with Crippen molar-refractivity contribution in [2.24, 2.45) is 7.05 Å². The van der Waals surface area contributed by atoms with E-state index in [1.54, 1.807) is 20.9 Å². The second kappa shape index (κ2) is 6.82. The van der Waals surface area contributed by atoms with Crippen LogP contribution in [0.2, 0.25) is 0 Å². The number of ketones is 1. The molecule has 7 heteroatoms. The van der Waals surface area contributed by atoms with Crippen LogP contribution < -0.4 is 10.1 Å². The molecule has 2 aromatic rings. The van der Waals surface area contributed by atoms with Gasteiger partial charge in [0.2, 0.25) is 0 Å². The van der Waals surface area contributed by atoms with E-state index in [1.165, 1.54) is 16.8 Å². The van der Waals surface area contributed by atoms with Crippen molar-refractivity contribution < 1.29 is 18.7 Å².